The van der Waals surface area contributed by atoms with Gasteiger partial charge in [-0.1, -0.05) is 37.3 Å². The van der Waals surface area contributed by atoms with E-state index >= 15 is 0 Å². The summed E-state index contributed by atoms with van der Waals surface area (Å²) in [7, 11) is -3.23. The van der Waals surface area contributed by atoms with E-state index in [2.05, 4.69) is 0 Å². The molecule has 0 bridgehead atoms. The molecule has 0 spiro atoms. The first-order valence-electron chi connectivity index (χ1n) is 6.66. The standard InChI is InChI=1S/C14H21NO3S/c1-12(14-5-3-2-4-6-14)11-19(17,18)15-8-7-13(9-15)10-16/h2-6,12-13,16H,7-11H2,1H3. The highest BCUT2D eigenvalue weighted by Gasteiger charge is 2.32. The molecule has 1 aromatic carbocycles. The molecule has 1 saturated heterocycles. The Morgan fingerprint density at radius 3 is 2.63 bits per heavy atom. The molecular weight excluding hydrogens is 262 g/mol. The minimum atomic E-state index is -3.23. The maximum absolute atomic E-state index is 12.3. The molecule has 19 heavy (non-hydrogen) atoms. The van der Waals surface area contributed by atoms with Crippen molar-refractivity contribution < 1.29 is 13.5 Å². The molecule has 0 saturated carbocycles. The number of benzene rings is 1. The van der Waals surface area contributed by atoms with Crippen LogP contribution in [0.15, 0.2) is 30.3 Å². The molecule has 0 aromatic heterocycles. The second kappa shape index (κ2) is 6.03. The molecule has 5 heteroatoms. The van der Waals surface area contributed by atoms with Crippen molar-refractivity contribution >= 4 is 10.0 Å². The Labute approximate surface area is 115 Å². The molecular formula is C14H21NO3S. The van der Waals surface area contributed by atoms with Crippen molar-refractivity contribution in [3.8, 4) is 0 Å². The van der Waals surface area contributed by atoms with Crippen molar-refractivity contribution in [2.45, 2.75) is 19.3 Å². The lowest BCUT2D eigenvalue weighted by Crippen LogP contribution is -2.33. The molecule has 2 unspecified atom stereocenters. The van der Waals surface area contributed by atoms with Crippen molar-refractivity contribution in [3.63, 3.8) is 0 Å². The highest BCUT2D eigenvalue weighted by atomic mass is 32.2. The fourth-order valence-corrected chi connectivity index (χ4v) is 4.35. The van der Waals surface area contributed by atoms with Gasteiger partial charge in [-0.25, -0.2) is 12.7 Å². The number of sulfonamides is 1. The number of hydrogen-bond donors (Lipinski definition) is 1. The second-order valence-electron chi connectivity index (χ2n) is 5.29. The first-order valence-corrected chi connectivity index (χ1v) is 8.27. The first kappa shape index (κ1) is 14.5. The predicted molar refractivity (Wildman–Crippen MR) is 75.4 cm³/mol. The molecule has 1 fully saturated rings. The number of hydrogen-bond acceptors (Lipinski definition) is 3. The predicted octanol–water partition coefficient (Wildman–Crippen LogP) is 1.43. The zero-order chi connectivity index (χ0) is 13.9. The van der Waals surface area contributed by atoms with Crippen LogP contribution in [0, 0.1) is 5.92 Å². The second-order valence-corrected chi connectivity index (χ2v) is 7.30. The Hall–Kier alpha value is -0.910. The fraction of sp³-hybridized carbons (Fsp3) is 0.571. The zero-order valence-corrected chi connectivity index (χ0v) is 12.0. The lowest BCUT2D eigenvalue weighted by atomic mass is 10.0. The SMILES string of the molecule is CC(CS(=O)(=O)N1CCC(CO)C1)c1ccccc1. The minimum absolute atomic E-state index is 0.0145. The van der Waals surface area contributed by atoms with Crippen molar-refractivity contribution in [2.75, 3.05) is 25.4 Å². The lowest BCUT2D eigenvalue weighted by molar-refractivity contribution is 0.233. The van der Waals surface area contributed by atoms with E-state index in [-0.39, 0.29) is 24.2 Å². The Morgan fingerprint density at radius 1 is 1.37 bits per heavy atom. The molecule has 2 rings (SSSR count). The van der Waals surface area contributed by atoms with E-state index < -0.39 is 10.0 Å². The summed E-state index contributed by atoms with van der Waals surface area (Å²) >= 11 is 0. The Kier molecular flexibility index (Phi) is 4.60. The first-order chi connectivity index (χ1) is 9.03. The number of aliphatic hydroxyl groups is 1. The molecule has 1 aromatic rings. The van der Waals surface area contributed by atoms with Gasteiger partial charge >= 0.3 is 0 Å². The smallest absolute Gasteiger partial charge is 0.214 e. The van der Waals surface area contributed by atoms with E-state index in [1.165, 1.54) is 4.31 Å². The molecule has 106 valence electrons. The molecule has 0 aliphatic carbocycles. The van der Waals surface area contributed by atoms with Gasteiger partial charge in [0.05, 0.1) is 5.75 Å². The topological polar surface area (TPSA) is 57.6 Å². The van der Waals surface area contributed by atoms with Crippen LogP contribution in [0.5, 0.6) is 0 Å². The van der Waals surface area contributed by atoms with Crippen LogP contribution in [0.2, 0.25) is 0 Å². The lowest BCUT2D eigenvalue weighted by Gasteiger charge is -2.19. The van der Waals surface area contributed by atoms with E-state index in [1.807, 2.05) is 37.3 Å². The minimum Gasteiger partial charge on any atom is -0.396 e. The molecule has 1 heterocycles. The zero-order valence-electron chi connectivity index (χ0n) is 11.2. The third-order valence-corrected chi connectivity index (χ3v) is 5.77. The summed E-state index contributed by atoms with van der Waals surface area (Å²) in [6, 6.07) is 9.70. The third kappa shape index (κ3) is 3.55. The van der Waals surface area contributed by atoms with Gasteiger partial charge in [0.15, 0.2) is 0 Å². The van der Waals surface area contributed by atoms with Gasteiger partial charge in [0, 0.05) is 19.7 Å². The van der Waals surface area contributed by atoms with Crippen LogP contribution in [-0.2, 0) is 10.0 Å². The molecule has 1 aliphatic rings. The quantitative estimate of drug-likeness (QED) is 0.889. The molecule has 0 radical (unpaired) electrons. The van der Waals surface area contributed by atoms with E-state index in [9.17, 15) is 8.42 Å². The van der Waals surface area contributed by atoms with E-state index in [4.69, 9.17) is 5.11 Å². The fourth-order valence-electron chi connectivity index (χ4n) is 2.50. The molecule has 0 amide bonds. The molecule has 4 nitrogen and oxygen atoms in total. The summed E-state index contributed by atoms with van der Waals surface area (Å²) in [6.45, 7) is 3.00. The van der Waals surface area contributed by atoms with Crippen LogP contribution in [0.25, 0.3) is 0 Å². The number of rotatable bonds is 5. The molecule has 1 N–H and O–H groups in total. The normalized spacial score (nSPS) is 22.5. The summed E-state index contributed by atoms with van der Waals surface area (Å²) in [6.07, 6.45) is 0.759. The van der Waals surface area contributed by atoms with Gasteiger partial charge in [-0.05, 0) is 23.8 Å². The largest absolute Gasteiger partial charge is 0.396 e. The Balaban J connectivity index is 2.02. The summed E-state index contributed by atoms with van der Waals surface area (Å²) in [5.74, 6) is 0.219. The Morgan fingerprint density at radius 2 is 2.05 bits per heavy atom. The third-order valence-electron chi connectivity index (χ3n) is 3.73. The van der Waals surface area contributed by atoms with E-state index in [1.54, 1.807) is 0 Å². The number of nitrogens with zero attached hydrogens (tertiary/aromatic N) is 1. The van der Waals surface area contributed by atoms with Gasteiger partial charge in [-0.15, -0.1) is 0 Å². The molecule has 2 atom stereocenters. The van der Waals surface area contributed by atoms with E-state index in [0.717, 1.165) is 12.0 Å². The van der Waals surface area contributed by atoms with Crippen LogP contribution in [0.1, 0.15) is 24.8 Å². The van der Waals surface area contributed by atoms with Gasteiger partial charge in [-0.3, -0.25) is 0 Å². The van der Waals surface area contributed by atoms with Gasteiger partial charge in [0.2, 0.25) is 10.0 Å². The Bertz CT molecular complexity index is 501. The van der Waals surface area contributed by atoms with Crippen LogP contribution < -0.4 is 0 Å². The highest BCUT2D eigenvalue weighted by molar-refractivity contribution is 7.89. The van der Waals surface area contributed by atoms with Gasteiger partial charge in [-0.2, -0.15) is 0 Å². The van der Waals surface area contributed by atoms with Crippen molar-refractivity contribution in [3.05, 3.63) is 35.9 Å². The van der Waals surface area contributed by atoms with Crippen molar-refractivity contribution in [1.29, 1.82) is 0 Å². The monoisotopic (exact) mass is 283 g/mol. The molecule has 1 aliphatic heterocycles. The highest BCUT2D eigenvalue weighted by Crippen LogP contribution is 2.23. The van der Waals surface area contributed by atoms with Crippen molar-refractivity contribution in [1.82, 2.24) is 4.31 Å². The van der Waals surface area contributed by atoms with Gasteiger partial charge < -0.3 is 5.11 Å². The average molecular weight is 283 g/mol. The van der Waals surface area contributed by atoms with Gasteiger partial charge in [0.25, 0.3) is 0 Å². The number of aliphatic hydroxyl groups excluding tert-OH is 1. The maximum Gasteiger partial charge on any atom is 0.214 e. The van der Waals surface area contributed by atoms with Crippen molar-refractivity contribution in [2.24, 2.45) is 5.92 Å². The summed E-state index contributed by atoms with van der Waals surface area (Å²) in [5, 5.41) is 9.09. The van der Waals surface area contributed by atoms with Crippen LogP contribution in [0.3, 0.4) is 0 Å². The van der Waals surface area contributed by atoms with E-state index in [0.29, 0.717) is 13.1 Å². The van der Waals surface area contributed by atoms with Crippen LogP contribution >= 0.6 is 0 Å². The maximum atomic E-state index is 12.3. The van der Waals surface area contributed by atoms with Crippen LogP contribution in [-0.4, -0.2) is 43.3 Å². The van der Waals surface area contributed by atoms with Crippen LogP contribution in [0.4, 0.5) is 0 Å². The summed E-state index contributed by atoms with van der Waals surface area (Å²) < 4.78 is 26.2. The average Bonchev–Trinajstić information content (AvgIpc) is 2.89. The van der Waals surface area contributed by atoms with Gasteiger partial charge in [0.1, 0.15) is 0 Å². The summed E-state index contributed by atoms with van der Waals surface area (Å²) in [5.41, 5.74) is 1.05. The summed E-state index contributed by atoms with van der Waals surface area (Å²) in [4.78, 5) is 0.